The average molecular weight is 423 g/mol. The first kappa shape index (κ1) is 20.1. The molecule has 1 amide bonds. The lowest BCUT2D eigenvalue weighted by Gasteiger charge is -2.36. The number of carbonyl (C=O) groups excluding carboxylic acids is 1. The summed E-state index contributed by atoms with van der Waals surface area (Å²) in [4.78, 5) is 17.2. The predicted molar refractivity (Wildman–Crippen MR) is 118 cm³/mol. The monoisotopic (exact) mass is 422 g/mol. The number of hydrogen-bond acceptors (Lipinski definition) is 4. The van der Waals surface area contributed by atoms with Crippen LogP contribution < -0.4 is 9.64 Å². The van der Waals surface area contributed by atoms with Gasteiger partial charge in [-0.3, -0.25) is 4.79 Å². The minimum Gasteiger partial charge on any atom is -0.508 e. The molecule has 0 unspecified atom stereocenters. The zero-order valence-corrected chi connectivity index (χ0v) is 17.3. The van der Waals surface area contributed by atoms with Gasteiger partial charge < -0.3 is 19.6 Å². The van der Waals surface area contributed by atoms with E-state index >= 15 is 0 Å². The quantitative estimate of drug-likeness (QED) is 0.653. The standard InChI is InChI=1S/C24H23ClN2O3/c25-22-10-3-1-6-18(22)17-30-23-11-4-2-9-21(23)24(29)27-14-12-26(13-15-27)19-7-5-8-20(28)16-19/h1-11,16,28H,12-15,17H2. The van der Waals surface area contributed by atoms with Crippen molar-refractivity contribution >= 4 is 23.2 Å². The predicted octanol–water partition coefficient (Wildman–Crippen LogP) is 4.59. The summed E-state index contributed by atoms with van der Waals surface area (Å²) in [6.07, 6.45) is 0. The fraction of sp³-hybridized carbons (Fsp3) is 0.208. The maximum absolute atomic E-state index is 13.2. The van der Waals surface area contributed by atoms with Crippen LogP contribution in [0.3, 0.4) is 0 Å². The van der Waals surface area contributed by atoms with Gasteiger partial charge in [0, 0.05) is 48.5 Å². The minimum absolute atomic E-state index is 0.0414. The molecule has 0 radical (unpaired) electrons. The van der Waals surface area contributed by atoms with E-state index in [1.54, 1.807) is 18.2 Å². The molecule has 6 heteroatoms. The molecule has 5 nitrogen and oxygen atoms in total. The van der Waals surface area contributed by atoms with Crippen LogP contribution in [0.5, 0.6) is 11.5 Å². The van der Waals surface area contributed by atoms with Gasteiger partial charge in [0.15, 0.2) is 0 Å². The number of piperazine rings is 1. The molecule has 154 valence electrons. The van der Waals surface area contributed by atoms with Crippen LogP contribution in [-0.2, 0) is 6.61 Å². The van der Waals surface area contributed by atoms with Gasteiger partial charge in [-0.15, -0.1) is 0 Å². The van der Waals surface area contributed by atoms with Crippen LogP contribution in [0.4, 0.5) is 5.69 Å². The number of aromatic hydroxyl groups is 1. The number of benzene rings is 3. The molecule has 1 heterocycles. The van der Waals surface area contributed by atoms with Gasteiger partial charge in [-0.05, 0) is 30.3 Å². The van der Waals surface area contributed by atoms with Crippen molar-refractivity contribution in [1.29, 1.82) is 0 Å². The van der Waals surface area contributed by atoms with E-state index in [0.717, 1.165) is 11.3 Å². The van der Waals surface area contributed by atoms with Crippen molar-refractivity contribution < 1.29 is 14.6 Å². The Hall–Kier alpha value is -3.18. The second-order valence-corrected chi connectivity index (χ2v) is 7.58. The number of para-hydroxylation sites is 1. The van der Waals surface area contributed by atoms with Gasteiger partial charge >= 0.3 is 0 Å². The summed E-state index contributed by atoms with van der Waals surface area (Å²) < 4.78 is 5.95. The Kier molecular flexibility index (Phi) is 6.10. The lowest BCUT2D eigenvalue weighted by molar-refractivity contribution is 0.0742. The van der Waals surface area contributed by atoms with Gasteiger partial charge in [-0.2, -0.15) is 0 Å². The van der Waals surface area contributed by atoms with E-state index in [1.807, 2.05) is 59.5 Å². The molecule has 30 heavy (non-hydrogen) atoms. The first-order valence-corrected chi connectivity index (χ1v) is 10.3. The van der Waals surface area contributed by atoms with Gasteiger partial charge in [0.05, 0.1) is 5.56 Å². The molecule has 0 bridgehead atoms. The van der Waals surface area contributed by atoms with Crippen LogP contribution >= 0.6 is 11.6 Å². The Morgan fingerprint density at radius 2 is 1.67 bits per heavy atom. The van der Waals surface area contributed by atoms with E-state index in [-0.39, 0.29) is 11.7 Å². The van der Waals surface area contributed by atoms with Crippen molar-refractivity contribution in [3.63, 3.8) is 0 Å². The molecule has 0 spiro atoms. The van der Waals surface area contributed by atoms with Gasteiger partial charge in [0.25, 0.3) is 5.91 Å². The van der Waals surface area contributed by atoms with Crippen LogP contribution in [-0.4, -0.2) is 42.1 Å². The molecule has 0 aliphatic carbocycles. The first-order chi connectivity index (χ1) is 14.6. The number of amides is 1. The van der Waals surface area contributed by atoms with Crippen molar-refractivity contribution in [3.8, 4) is 11.5 Å². The van der Waals surface area contributed by atoms with Crippen LogP contribution in [0.15, 0.2) is 72.8 Å². The third-order valence-electron chi connectivity index (χ3n) is 5.22. The second kappa shape index (κ2) is 9.09. The first-order valence-electron chi connectivity index (χ1n) is 9.90. The van der Waals surface area contributed by atoms with Gasteiger partial charge in [-0.25, -0.2) is 0 Å². The molecule has 0 atom stereocenters. The van der Waals surface area contributed by atoms with Crippen molar-refractivity contribution in [2.75, 3.05) is 31.1 Å². The molecule has 0 aromatic heterocycles. The normalized spacial score (nSPS) is 13.9. The van der Waals surface area contributed by atoms with Crippen LogP contribution in [0, 0.1) is 0 Å². The summed E-state index contributed by atoms with van der Waals surface area (Å²) in [6, 6.07) is 22.0. The number of ether oxygens (including phenoxy) is 1. The number of phenolic OH excluding ortho intramolecular Hbond substituents is 1. The second-order valence-electron chi connectivity index (χ2n) is 7.18. The number of rotatable bonds is 5. The Morgan fingerprint density at radius 3 is 2.43 bits per heavy atom. The van der Waals surface area contributed by atoms with E-state index in [1.165, 1.54) is 0 Å². The third kappa shape index (κ3) is 4.52. The number of halogens is 1. The zero-order valence-electron chi connectivity index (χ0n) is 16.5. The molecule has 1 aliphatic rings. The summed E-state index contributed by atoms with van der Waals surface area (Å²) >= 11 is 6.21. The van der Waals surface area contributed by atoms with Crippen molar-refractivity contribution in [2.45, 2.75) is 6.61 Å². The van der Waals surface area contributed by atoms with E-state index < -0.39 is 0 Å². The molecule has 1 aliphatic heterocycles. The zero-order chi connectivity index (χ0) is 20.9. The smallest absolute Gasteiger partial charge is 0.257 e. The molecule has 3 aromatic rings. The van der Waals surface area contributed by atoms with Gasteiger partial charge in [0.2, 0.25) is 0 Å². The minimum atomic E-state index is -0.0414. The van der Waals surface area contributed by atoms with E-state index in [4.69, 9.17) is 16.3 Å². The lowest BCUT2D eigenvalue weighted by atomic mass is 10.1. The summed E-state index contributed by atoms with van der Waals surface area (Å²) in [6.45, 7) is 2.92. The SMILES string of the molecule is O=C(c1ccccc1OCc1ccccc1Cl)N1CCN(c2cccc(O)c2)CC1. The van der Waals surface area contributed by atoms with E-state index in [2.05, 4.69) is 4.90 Å². The fourth-order valence-electron chi connectivity index (χ4n) is 3.57. The highest BCUT2D eigenvalue weighted by Crippen LogP contribution is 2.25. The topological polar surface area (TPSA) is 53.0 Å². The Bertz CT molecular complexity index is 1030. The number of carbonyl (C=O) groups is 1. The summed E-state index contributed by atoms with van der Waals surface area (Å²) in [5, 5.41) is 10.3. The van der Waals surface area contributed by atoms with E-state index in [0.29, 0.717) is 49.1 Å². The van der Waals surface area contributed by atoms with E-state index in [9.17, 15) is 9.90 Å². The highest BCUT2D eigenvalue weighted by atomic mass is 35.5. The van der Waals surface area contributed by atoms with Crippen molar-refractivity contribution in [1.82, 2.24) is 4.90 Å². The highest BCUT2D eigenvalue weighted by molar-refractivity contribution is 6.31. The number of anilines is 1. The summed E-state index contributed by atoms with van der Waals surface area (Å²) in [5.41, 5.74) is 2.39. The highest BCUT2D eigenvalue weighted by Gasteiger charge is 2.24. The molecule has 0 saturated carbocycles. The van der Waals surface area contributed by atoms with Gasteiger partial charge in [0.1, 0.15) is 18.1 Å². The van der Waals surface area contributed by atoms with Gasteiger partial charge in [-0.1, -0.05) is 48.0 Å². The molecular formula is C24H23ClN2O3. The Morgan fingerprint density at radius 1 is 0.933 bits per heavy atom. The number of nitrogens with zero attached hydrogens (tertiary/aromatic N) is 2. The molecular weight excluding hydrogens is 400 g/mol. The number of hydrogen-bond donors (Lipinski definition) is 1. The summed E-state index contributed by atoms with van der Waals surface area (Å²) in [7, 11) is 0. The maximum Gasteiger partial charge on any atom is 0.257 e. The summed E-state index contributed by atoms with van der Waals surface area (Å²) in [5.74, 6) is 0.758. The molecule has 4 rings (SSSR count). The third-order valence-corrected chi connectivity index (χ3v) is 5.59. The lowest BCUT2D eigenvalue weighted by Crippen LogP contribution is -2.48. The molecule has 1 N–H and O–H groups in total. The van der Waals surface area contributed by atoms with Crippen molar-refractivity contribution in [3.05, 3.63) is 88.9 Å². The fourth-order valence-corrected chi connectivity index (χ4v) is 3.76. The van der Waals surface area contributed by atoms with Crippen LogP contribution in [0.1, 0.15) is 15.9 Å². The molecule has 1 saturated heterocycles. The largest absolute Gasteiger partial charge is 0.508 e. The Labute approximate surface area is 181 Å². The number of phenols is 1. The maximum atomic E-state index is 13.2. The molecule has 1 fully saturated rings. The molecule has 3 aromatic carbocycles. The van der Waals surface area contributed by atoms with Crippen molar-refractivity contribution in [2.24, 2.45) is 0 Å². The Balaban J connectivity index is 1.42. The van der Waals surface area contributed by atoms with Crippen LogP contribution in [0.2, 0.25) is 5.02 Å². The van der Waals surface area contributed by atoms with Crippen LogP contribution in [0.25, 0.3) is 0 Å². The average Bonchev–Trinajstić information content (AvgIpc) is 2.78.